The third kappa shape index (κ3) is 2.94. The smallest absolute Gasteiger partial charge is 0.0704 e. The van der Waals surface area contributed by atoms with Crippen LogP contribution in [0.1, 0.15) is 44.9 Å². The van der Waals surface area contributed by atoms with Crippen molar-refractivity contribution >= 4 is 5.71 Å². The van der Waals surface area contributed by atoms with Crippen LogP contribution >= 0.6 is 0 Å². The van der Waals surface area contributed by atoms with Crippen LogP contribution in [0, 0.1) is 0 Å². The second-order valence-electron chi connectivity index (χ2n) is 4.64. The predicted molar refractivity (Wildman–Crippen MR) is 62.1 cm³/mol. The van der Waals surface area contributed by atoms with E-state index in [-0.39, 0.29) is 0 Å². The summed E-state index contributed by atoms with van der Waals surface area (Å²) in [5.74, 6) is 0. The highest BCUT2D eigenvalue weighted by atomic mass is 16.5. The first-order valence-electron chi connectivity index (χ1n) is 6.22. The number of hydrogen-bond donors (Lipinski definition) is 0. The van der Waals surface area contributed by atoms with E-state index in [1.54, 1.807) is 7.11 Å². The number of methoxy groups -OCH3 is 1. The van der Waals surface area contributed by atoms with Crippen LogP contribution in [0.25, 0.3) is 0 Å². The molecule has 0 spiro atoms. The third-order valence-corrected chi connectivity index (χ3v) is 3.41. The molecule has 3 heteroatoms. The molecular weight excluding hydrogens is 188 g/mol. The standard InChI is InChI=1S/C12H22N2O/c1-15-10-12-8-5-9-14(12)13-11-6-3-2-4-7-11/h12H,2-10H2,1H3. The molecule has 1 atom stereocenters. The van der Waals surface area contributed by atoms with E-state index in [0.29, 0.717) is 6.04 Å². The fraction of sp³-hybridized carbons (Fsp3) is 0.917. The van der Waals surface area contributed by atoms with E-state index in [9.17, 15) is 0 Å². The van der Waals surface area contributed by atoms with Gasteiger partial charge < -0.3 is 4.74 Å². The highest BCUT2D eigenvalue weighted by molar-refractivity contribution is 5.84. The molecular formula is C12H22N2O. The van der Waals surface area contributed by atoms with Gasteiger partial charge in [-0.15, -0.1) is 0 Å². The van der Waals surface area contributed by atoms with Crippen molar-refractivity contribution in [3.8, 4) is 0 Å². The maximum atomic E-state index is 5.23. The normalized spacial score (nSPS) is 27.1. The van der Waals surface area contributed by atoms with Crippen molar-refractivity contribution in [2.24, 2.45) is 5.10 Å². The fourth-order valence-electron chi connectivity index (χ4n) is 2.56. The van der Waals surface area contributed by atoms with Gasteiger partial charge in [0, 0.05) is 19.4 Å². The van der Waals surface area contributed by atoms with Crippen LogP contribution in [-0.4, -0.2) is 37.0 Å². The predicted octanol–water partition coefficient (Wildman–Crippen LogP) is 2.42. The lowest BCUT2D eigenvalue weighted by Gasteiger charge is -2.23. The quantitative estimate of drug-likeness (QED) is 0.714. The second-order valence-corrected chi connectivity index (χ2v) is 4.64. The summed E-state index contributed by atoms with van der Waals surface area (Å²) in [7, 11) is 1.78. The molecule has 2 aliphatic rings. The lowest BCUT2D eigenvalue weighted by Crippen LogP contribution is -2.29. The Morgan fingerprint density at radius 2 is 2.07 bits per heavy atom. The van der Waals surface area contributed by atoms with E-state index in [2.05, 4.69) is 5.01 Å². The maximum Gasteiger partial charge on any atom is 0.0704 e. The van der Waals surface area contributed by atoms with Crippen LogP contribution in [0.4, 0.5) is 0 Å². The highest BCUT2D eigenvalue weighted by Crippen LogP contribution is 2.21. The van der Waals surface area contributed by atoms with Crippen molar-refractivity contribution in [1.29, 1.82) is 0 Å². The van der Waals surface area contributed by atoms with E-state index in [1.807, 2.05) is 0 Å². The Balaban J connectivity index is 1.90. The van der Waals surface area contributed by atoms with Gasteiger partial charge in [0.1, 0.15) is 0 Å². The lowest BCUT2D eigenvalue weighted by atomic mass is 9.99. The zero-order chi connectivity index (χ0) is 10.5. The number of hydrogen-bond acceptors (Lipinski definition) is 3. The summed E-state index contributed by atoms with van der Waals surface area (Å²) in [5, 5.41) is 7.07. The second kappa shape index (κ2) is 5.50. The molecule has 1 saturated carbocycles. The first-order chi connectivity index (χ1) is 7.40. The van der Waals surface area contributed by atoms with Crippen LogP contribution in [0.5, 0.6) is 0 Å². The van der Waals surface area contributed by atoms with Gasteiger partial charge in [-0.05, 0) is 38.5 Å². The highest BCUT2D eigenvalue weighted by Gasteiger charge is 2.23. The summed E-state index contributed by atoms with van der Waals surface area (Å²) < 4.78 is 5.23. The van der Waals surface area contributed by atoms with Gasteiger partial charge in [0.25, 0.3) is 0 Å². The van der Waals surface area contributed by atoms with E-state index in [0.717, 1.165) is 13.2 Å². The summed E-state index contributed by atoms with van der Waals surface area (Å²) in [6.45, 7) is 1.95. The average Bonchev–Trinajstić information content (AvgIpc) is 2.68. The Bertz CT molecular complexity index is 220. The summed E-state index contributed by atoms with van der Waals surface area (Å²) in [5.41, 5.74) is 1.42. The molecule has 3 nitrogen and oxygen atoms in total. The number of rotatable bonds is 3. The first kappa shape index (κ1) is 10.9. The van der Waals surface area contributed by atoms with Crippen LogP contribution in [0.15, 0.2) is 5.10 Å². The van der Waals surface area contributed by atoms with Gasteiger partial charge in [-0.25, -0.2) is 0 Å². The Morgan fingerprint density at radius 3 is 2.80 bits per heavy atom. The molecule has 0 N–H and O–H groups in total. The number of hydrazone groups is 1. The minimum absolute atomic E-state index is 0.532. The van der Waals surface area contributed by atoms with Crippen LogP contribution < -0.4 is 0 Å². The molecule has 0 aromatic heterocycles. The average molecular weight is 210 g/mol. The van der Waals surface area contributed by atoms with Crippen molar-refractivity contribution in [2.75, 3.05) is 20.3 Å². The maximum absolute atomic E-state index is 5.23. The molecule has 1 heterocycles. The topological polar surface area (TPSA) is 24.8 Å². The van der Waals surface area contributed by atoms with Crippen molar-refractivity contribution in [3.05, 3.63) is 0 Å². The molecule has 0 aromatic carbocycles. The van der Waals surface area contributed by atoms with E-state index in [4.69, 9.17) is 9.84 Å². The summed E-state index contributed by atoms with van der Waals surface area (Å²) >= 11 is 0. The van der Waals surface area contributed by atoms with Crippen LogP contribution in [0.3, 0.4) is 0 Å². The summed E-state index contributed by atoms with van der Waals surface area (Å²) in [4.78, 5) is 0. The zero-order valence-electron chi connectivity index (χ0n) is 9.74. The minimum Gasteiger partial charge on any atom is -0.382 e. The SMILES string of the molecule is COCC1CCCN1N=C1CCCCC1. The Kier molecular flexibility index (Phi) is 4.01. The van der Waals surface area contributed by atoms with Crippen LogP contribution in [0.2, 0.25) is 0 Å². The minimum atomic E-state index is 0.532. The van der Waals surface area contributed by atoms with Gasteiger partial charge in [-0.3, -0.25) is 5.01 Å². The van der Waals surface area contributed by atoms with Crippen molar-refractivity contribution in [2.45, 2.75) is 51.0 Å². The Hall–Kier alpha value is -0.570. The summed E-state index contributed by atoms with van der Waals surface area (Å²) in [6, 6.07) is 0.532. The molecule has 0 bridgehead atoms. The van der Waals surface area contributed by atoms with E-state index >= 15 is 0 Å². The monoisotopic (exact) mass is 210 g/mol. The van der Waals surface area contributed by atoms with Crippen molar-refractivity contribution in [3.63, 3.8) is 0 Å². The van der Waals surface area contributed by atoms with Crippen LogP contribution in [-0.2, 0) is 4.74 Å². The molecule has 0 aromatic rings. The van der Waals surface area contributed by atoms with Gasteiger partial charge in [0.15, 0.2) is 0 Å². The van der Waals surface area contributed by atoms with Gasteiger partial charge >= 0.3 is 0 Å². The molecule has 1 unspecified atom stereocenters. The zero-order valence-corrected chi connectivity index (χ0v) is 9.74. The molecule has 0 radical (unpaired) electrons. The molecule has 0 amide bonds. The molecule has 2 rings (SSSR count). The molecule has 1 aliphatic carbocycles. The first-order valence-corrected chi connectivity index (χ1v) is 6.22. The van der Waals surface area contributed by atoms with Gasteiger partial charge in [0.05, 0.1) is 12.6 Å². The summed E-state index contributed by atoms with van der Waals surface area (Å²) in [6.07, 6.45) is 9.01. The third-order valence-electron chi connectivity index (χ3n) is 3.41. The molecule has 1 aliphatic heterocycles. The lowest BCUT2D eigenvalue weighted by molar-refractivity contribution is 0.117. The Morgan fingerprint density at radius 1 is 1.27 bits per heavy atom. The van der Waals surface area contributed by atoms with E-state index in [1.165, 1.54) is 50.7 Å². The Labute approximate surface area is 92.5 Å². The molecule has 1 saturated heterocycles. The van der Waals surface area contributed by atoms with Gasteiger partial charge in [-0.1, -0.05) is 6.42 Å². The molecule has 86 valence electrons. The van der Waals surface area contributed by atoms with Crippen molar-refractivity contribution in [1.82, 2.24) is 5.01 Å². The molecule has 2 fully saturated rings. The number of ether oxygens (including phenoxy) is 1. The van der Waals surface area contributed by atoms with E-state index < -0.39 is 0 Å². The molecule has 15 heavy (non-hydrogen) atoms. The van der Waals surface area contributed by atoms with Gasteiger partial charge in [-0.2, -0.15) is 5.10 Å². The largest absolute Gasteiger partial charge is 0.382 e. The number of nitrogens with zero attached hydrogens (tertiary/aromatic N) is 2. The van der Waals surface area contributed by atoms with Gasteiger partial charge in [0.2, 0.25) is 0 Å². The fourth-order valence-corrected chi connectivity index (χ4v) is 2.56. The van der Waals surface area contributed by atoms with Crippen molar-refractivity contribution < 1.29 is 4.74 Å².